The summed E-state index contributed by atoms with van der Waals surface area (Å²) in [6.45, 7) is 6.33. The van der Waals surface area contributed by atoms with E-state index in [1.807, 2.05) is 6.08 Å². The summed E-state index contributed by atoms with van der Waals surface area (Å²) in [5.74, 6) is -0.0400. The van der Waals surface area contributed by atoms with Crippen LogP contribution in [0.1, 0.15) is 29.4 Å². The molecule has 1 aliphatic rings. The molecule has 6 heteroatoms. The third-order valence-corrected chi connectivity index (χ3v) is 6.98. The molecule has 30 heavy (non-hydrogen) atoms. The standard InChI is InChI=1S/C24H24IN3OS/c1-4-17-5-9-20(10-6-17)26-24-27-23(29)22(30-24)14-18-13-15(2)28(16(18)3)21-11-7-19(25)8-12-21/h5-14,24,26H,4H2,1-3H3,(H,27,29)/b22-14+/t24-/m0/s1. The van der Waals surface area contributed by atoms with Gasteiger partial charge in [0.05, 0.1) is 4.91 Å². The van der Waals surface area contributed by atoms with Gasteiger partial charge in [0.2, 0.25) is 0 Å². The maximum Gasteiger partial charge on any atom is 0.260 e. The molecule has 0 saturated carbocycles. The quantitative estimate of drug-likeness (QED) is 0.322. The van der Waals surface area contributed by atoms with Gasteiger partial charge in [-0.1, -0.05) is 30.8 Å². The Balaban J connectivity index is 1.54. The van der Waals surface area contributed by atoms with Crippen molar-refractivity contribution in [1.82, 2.24) is 9.88 Å². The molecule has 4 nitrogen and oxygen atoms in total. The van der Waals surface area contributed by atoms with Gasteiger partial charge in [-0.3, -0.25) is 4.79 Å². The lowest BCUT2D eigenvalue weighted by Gasteiger charge is -2.12. The van der Waals surface area contributed by atoms with Crippen molar-refractivity contribution in [3.05, 3.63) is 85.6 Å². The van der Waals surface area contributed by atoms with Crippen LogP contribution in [0, 0.1) is 17.4 Å². The lowest BCUT2D eigenvalue weighted by Crippen LogP contribution is -2.30. The van der Waals surface area contributed by atoms with Gasteiger partial charge < -0.3 is 15.2 Å². The van der Waals surface area contributed by atoms with Crippen molar-refractivity contribution in [3.63, 3.8) is 0 Å². The van der Waals surface area contributed by atoms with Gasteiger partial charge >= 0.3 is 0 Å². The molecule has 0 unspecified atom stereocenters. The number of hydrogen-bond acceptors (Lipinski definition) is 3. The zero-order valence-corrected chi connectivity index (χ0v) is 20.2. The number of carbonyl (C=O) groups is 1. The minimum atomic E-state index is -0.170. The molecule has 3 aromatic rings. The summed E-state index contributed by atoms with van der Waals surface area (Å²) in [4.78, 5) is 13.3. The van der Waals surface area contributed by atoms with Crippen LogP contribution in [0.15, 0.2) is 59.5 Å². The van der Waals surface area contributed by atoms with E-state index in [4.69, 9.17) is 0 Å². The van der Waals surface area contributed by atoms with Crippen LogP contribution in [0.5, 0.6) is 0 Å². The first-order valence-electron chi connectivity index (χ1n) is 9.94. The Labute approximate surface area is 195 Å². The molecular weight excluding hydrogens is 505 g/mol. The van der Waals surface area contributed by atoms with E-state index in [1.54, 1.807) is 0 Å². The van der Waals surface area contributed by atoms with Gasteiger partial charge in [-0.05, 0) is 103 Å². The van der Waals surface area contributed by atoms with Crippen LogP contribution in [0.4, 0.5) is 5.69 Å². The number of hydrogen-bond donors (Lipinski definition) is 2. The van der Waals surface area contributed by atoms with Crippen LogP contribution in [0.3, 0.4) is 0 Å². The number of aromatic nitrogens is 1. The molecule has 0 aliphatic carbocycles. The van der Waals surface area contributed by atoms with E-state index in [-0.39, 0.29) is 11.4 Å². The van der Waals surface area contributed by atoms with Gasteiger partial charge in [0, 0.05) is 26.3 Å². The Kier molecular flexibility index (Phi) is 6.24. The third kappa shape index (κ3) is 4.44. The van der Waals surface area contributed by atoms with Gasteiger partial charge in [-0.2, -0.15) is 0 Å². The molecule has 2 N–H and O–H groups in total. The number of anilines is 1. The topological polar surface area (TPSA) is 46.1 Å². The molecule has 2 heterocycles. The number of halogens is 1. The number of amides is 1. The SMILES string of the molecule is CCc1ccc(N[C@H]2NC(=O)/C(=C\c3cc(C)n(-c4ccc(I)cc4)c3C)S2)cc1. The van der Waals surface area contributed by atoms with E-state index in [0.717, 1.165) is 39.7 Å². The van der Waals surface area contributed by atoms with Crippen molar-refractivity contribution >= 4 is 52.0 Å². The Morgan fingerprint density at radius 3 is 2.50 bits per heavy atom. The molecule has 1 fully saturated rings. The zero-order valence-electron chi connectivity index (χ0n) is 17.2. The summed E-state index contributed by atoms with van der Waals surface area (Å²) in [6.07, 6.45) is 3.01. The van der Waals surface area contributed by atoms with Gasteiger partial charge in [0.25, 0.3) is 5.91 Å². The summed E-state index contributed by atoms with van der Waals surface area (Å²) < 4.78 is 3.44. The maximum absolute atomic E-state index is 12.5. The Hall–Kier alpha value is -2.19. The van der Waals surface area contributed by atoms with Gasteiger partial charge in [-0.25, -0.2) is 0 Å². The average molecular weight is 529 g/mol. The van der Waals surface area contributed by atoms with Crippen LogP contribution in [0.25, 0.3) is 11.8 Å². The van der Waals surface area contributed by atoms with Crippen molar-refractivity contribution in [3.8, 4) is 5.69 Å². The predicted octanol–water partition coefficient (Wildman–Crippen LogP) is 5.86. The van der Waals surface area contributed by atoms with E-state index < -0.39 is 0 Å². The molecule has 1 amide bonds. The number of rotatable bonds is 5. The van der Waals surface area contributed by atoms with Gasteiger partial charge in [0.1, 0.15) is 0 Å². The van der Waals surface area contributed by atoms with Crippen LogP contribution in [-0.4, -0.2) is 16.0 Å². The van der Waals surface area contributed by atoms with Crippen molar-refractivity contribution in [2.75, 3.05) is 5.32 Å². The van der Waals surface area contributed by atoms with Crippen molar-refractivity contribution in [2.45, 2.75) is 32.7 Å². The van der Waals surface area contributed by atoms with E-state index >= 15 is 0 Å². The summed E-state index contributed by atoms with van der Waals surface area (Å²) in [6, 6.07) is 18.9. The van der Waals surface area contributed by atoms with E-state index in [0.29, 0.717) is 0 Å². The smallest absolute Gasteiger partial charge is 0.260 e. The molecule has 154 valence electrons. The molecule has 1 aliphatic heterocycles. The second-order valence-electron chi connectivity index (χ2n) is 7.31. The zero-order chi connectivity index (χ0) is 21.3. The highest BCUT2D eigenvalue weighted by Crippen LogP contribution is 2.32. The molecule has 1 atom stereocenters. The molecular formula is C24H24IN3OS. The lowest BCUT2D eigenvalue weighted by molar-refractivity contribution is -0.116. The number of carbonyl (C=O) groups excluding carboxylic acids is 1. The van der Waals surface area contributed by atoms with Crippen molar-refractivity contribution in [1.29, 1.82) is 0 Å². The minimum absolute atomic E-state index is 0.0400. The normalized spacial score (nSPS) is 17.4. The number of benzene rings is 2. The largest absolute Gasteiger partial charge is 0.357 e. The second-order valence-corrected chi connectivity index (χ2v) is 9.71. The fourth-order valence-corrected chi connectivity index (χ4v) is 4.95. The average Bonchev–Trinajstić information content (AvgIpc) is 3.21. The van der Waals surface area contributed by atoms with Crippen LogP contribution < -0.4 is 10.6 Å². The lowest BCUT2D eigenvalue weighted by atomic mass is 10.1. The highest BCUT2D eigenvalue weighted by molar-refractivity contribution is 14.1. The molecule has 1 aromatic heterocycles. The fraction of sp³-hybridized carbons (Fsp3) is 0.208. The molecule has 0 bridgehead atoms. The van der Waals surface area contributed by atoms with Crippen LogP contribution >= 0.6 is 34.4 Å². The van der Waals surface area contributed by atoms with Gasteiger partial charge in [0.15, 0.2) is 5.50 Å². The predicted molar refractivity (Wildman–Crippen MR) is 135 cm³/mol. The highest BCUT2D eigenvalue weighted by atomic mass is 127. The van der Waals surface area contributed by atoms with Crippen molar-refractivity contribution < 1.29 is 4.79 Å². The van der Waals surface area contributed by atoms with E-state index in [2.05, 4.69) is 113 Å². The fourth-order valence-electron chi connectivity index (χ4n) is 3.62. The third-order valence-electron chi connectivity index (χ3n) is 5.23. The van der Waals surface area contributed by atoms with Crippen molar-refractivity contribution in [2.24, 2.45) is 0 Å². The Morgan fingerprint density at radius 2 is 1.83 bits per heavy atom. The second kappa shape index (κ2) is 8.89. The Morgan fingerprint density at radius 1 is 1.13 bits per heavy atom. The first-order valence-corrected chi connectivity index (χ1v) is 11.9. The summed E-state index contributed by atoms with van der Waals surface area (Å²) in [7, 11) is 0. The van der Waals surface area contributed by atoms with E-state index in [1.165, 1.54) is 20.9 Å². The summed E-state index contributed by atoms with van der Waals surface area (Å²) >= 11 is 3.83. The molecule has 0 radical (unpaired) electrons. The highest BCUT2D eigenvalue weighted by Gasteiger charge is 2.27. The number of nitrogens with one attached hydrogen (secondary N) is 2. The summed E-state index contributed by atoms with van der Waals surface area (Å²) in [5.41, 5.74) is 6.60. The number of nitrogens with zero attached hydrogens (tertiary/aromatic N) is 1. The molecule has 0 spiro atoms. The Bertz CT molecular complexity index is 1100. The first-order chi connectivity index (χ1) is 14.4. The first kappa shape index (κ1) is 21.1. The molecule has 1 saturated heterocycles. The number of aryl methyl sites for hydroxylation is 2. The number of thioether (sulfide) groups is 1. The minimum Gasteiger partial charge on any atom is -0.357 e. The van der Waals surface area contributed by atoms with Gasteiger partial charge in [-0.15, -0.1) is 0 Å². The van der Waals surface area contributed by atoms with Crippen LogP contribution in [-0.2, 0) is 11.2 Å². The molecule has 2 aromatic carbocycles. The monoisotopic (exact) mass is 529 g/mol. The summed E-state index contributed by atoms with van der Waals surface area (Å²) in [5, 5.41) is 6.40. The molecule has 4 rings (SSSR count). The van der Waals surface area contributed by atoms with E-state index in [9.17, 15) is 4.79 Å². The maximum atomic E-state index is 12.5. The van der Waals surface area contributed by atoms with Crippen LogP contribution in [0.2, 0.25) is 0 Å².